The number of carbonyl (C=O) groups excluding carboxylic acids is 1. The van der Waals surface area contributed by atoms with Gasteiger partial charge < -0.3 is 10.8 Å². The molecule has 0 saturated heterocycles. The Hall–Kier alpha value is -3.97. The second-order valence-electron chi connectivity index (χ2n) is 6.01. The number of carboxylic acid groups (broad SMARTS) is 1. The maximum Gasteiger partial charge on any atom is 0.490 e. The van der Waals surface area contributed by atoms with Crippen LogP contribution in [0.15, 0.2) is 35.6 Å². The Labute approximate surface area is 167 Å². The summed E-state index contributed by atoms with van der Waals surface area (Å²) < 4.78 is 71.8. The molecule has 0 atom stereocenters. The van der Waals surface area contributed by atoms with Crippen molar-refractivity contribution in [3.05, 3.63) is 47.4 Å². The third-order valence-electron chi connectivity index (χ3n) is 3.95. The Morgan fingerprint density at radius 3 is 2.35 bits per heavy atom. The summed E-state index contributed by atoms with van der Waals surface area (Å²) in [5, 5.41) is 7.12. The van der Waals surface area contributed by atoms with Crippen LogP contribution < -0.4 is 5.73 Å². The molecule has 162 valence electrons. The molecule has 4 rings (SSSR count). The first-order chi connectivity index (χ1) is 14.3. The number of rotatable bonds is 1. The highest BCUT2D eigenvalue weighted by Gasteiger charge is 2.38. The van der Waals surface area contributed by atoms with Crippen LogP contribution >= 0.6 is 0 Å². The number of halogens is 6. The molecule has 31 heavy (non-hydrogen) atoms. The number of carbonyl (C=O) groups is 2. The Kier molecular flexibility index (Phi) is 5.17. The predicted molar refractivity (Wildman–Crippen MR) is 93.5 cm³/mol. The molecule has 1 aliphatic heterocycles. The summed E-state index contributed by atoms with van der Waals surface area (Å²) in [4.78, 5) is 31.5. The van der Waals surface area contributed by atoms with Gasteiger partial charge in [-0.25, -0.2) is 19.8 Å². The maximum atomic E-state index is 13.0. The van der Waals surface area contributed by atoms with Crippen molar-refractivity contribution in [1.29, 1.82) is 0 Å². The van der Waals surface area contributed by atoms with Crippen LogP contribution in [0.1, 0.15) is 21.6 Å². The molecular formula is C17H9F6N5O3. The second kappa shape index (κ2) is 7.37. The lowest BCUT2D eigenvalue weighted by Gasteiger charge is -2.09. The first-order valence-electron chi connectivity index (χ1n) is 8.02. The van der Waals surface area contributed by atoms with Gasteiger partial charge in [-0.05, 0) is 12.1 Å². The van der Waals surface area contributed by atoms with Crippen LogP contribution in [-0.2, 0) is 11.0 Å². The van der Waals surface area contributed by atoms with Crippen LogP contribution in [-0.4, -0.2) is 43.7 Å². The van der Waals surface area contributed by atoms with E-state index in [4.69, 9.17) is 15.6 Å². The van der Waals surface area contributed by atoms with Gasteiger partial charge in [-0.15, -0.1) is 0 Å². The van der Waals surface area contributed by atoms with Gasteiger partial charge in [0.25, 0.3) is 5.91 Å². The summed E-state index contributed by atoms with van der Waals surface area (Å²) >= 11 is 0. The van der Waals surface area contributed by atoms with Gasteiger partial charge in [0, 0.05) is 23.5 Å². The number of nitrogens with zero attached hydrogens (tertiary/aromatic N) is 4. The first-order valence-corrected chi connectivity index (χ1v) is 8.02. The van der Waals surface area contributed by atoms with E-state index in [2.05, 4.69) is 15.0 Å². The molecule has 0 spiro atoms. The van der Waals surface area contributed by atoms with Crippen molar-refractivity contribution in [2.45, 2.75) is 12.4 Å². The molecule has 3 aromatic rings. The van der Waals surface area contributed by atoms with E-state index < -0.39 is 24.0 Å². The normalized spacial score (nSPS) is 13.2. The van der Waals surface area contributed by atoms with E-state index >= 15 is 0 Å². The van der Waals surface area contributed by atoms with Gasteiger partial charge in [0.1, 0.15) is 0 Å². The lowest BCUT2D eigenvalue weighted by molar-refractivity contribution is -0.192. The lowest BCUT2D eigenvalue weighted by Crippen LogP contribution is -2.21. The van der Waals surface area contributed by atoms with Gasteiger partial charge in [0.2, 0.25) is 0 Å². The van der Waals surface area contributed by atoms with Crippen LogP contribution in [0.4, 0.5) is 32.2 Å². The van der Waals surface area contributed by atoms with Crippen molar-refractivity contribution < 1.29 is 41.0 Å². The van der Waals surface area contributed by atoms with E-state index in [0.29, 0.717) is 22.4 Å². The fourth-order valence-electron chi connectivity index (χ4n) is 2.58. The highest BCUT2D eigenvalue weighted by atomic mass is 19.4. The van der Waals surface area contributed by atoms with E-state index in [-0.39, 0.29) is 17.4 Å². The number of aliphatic imine (C=N–C) groups is 1. The molecule has 0 unspecified atom stereocenters. The maximum absolute atomic E-state index is 13.0. The van der Waals surface area contributed by atoms with Crippen molar-refractivity contribution in [2.75, 3.05) is 5.73 Å². The molecule has 1 amide bonds. The van der Waals surface area contributed by atoms with Crippen molar-refractivity contribution >= 4 is 29.6 Å². The Balaban J connectivity index is 0.000000339. The standard InChI is InChI=1S/C15H8F3N5O.C2HF3O2/c16-15(17,18)11-6-23-10(5-20-13(23)12(19)22-11)7-1-2-9-8(3-7)4-21-14(9)24;3-2(4,5)1(6)7/h1-6H,(H2,19,22);(H,6,7). The Morgan fingerprint density at radius 2 is 1.77 bits per heavy atom. The minimum absolute atomic E-state index is 0.128. The van der Waals surface area contributed by atoms with Crippen molar-refractivity contribution in [3.63, 3.8) is 0 Å². The van der Waals surface area contributed by atoms with Crippen molar-refractivity contribution in [1.82, 2.24) is 14.4 Å². The fourth-order valence-corrected chi connectivity index (χ4v) is 2.58. The third kappa shape index (κ3) is 4.31. The third-order valence-corrected chi connectivity index (χ3v) is 3.95. The summed E-state index contributed by atoms with van der Waals surface area (Å²) in [5.41, 5.74) is 6.65. The molecule has 1 aliphatic rings. The summed E-state index contributed by atoms with van der Waals surface area (Å²) in [7, 11) is 0. The number of aliphatic carboxylic acids is 1. The molecule has 1 aromatic carbocycles. The van der Waals surface area contributed by atoms with Gasteiger partial charge in [-0.2, -0.15) is 26.3 Å². The van der Waals surface area contributed by atoms with Gasteiger partial charge >= 0.3 is 18.3 Å². The average molecular weight is 445 g/mol. The number of carboxylic acids is 1. The number of nitrogen functional groups attached to an aromatic ring is 1. The van der Waals surface area contributed by atoms with Crippen LogP contribution in [0.5, 0.6) is 0 Å². The van der Waals surface area contributed by atoms with Crippen LogP contribution in [0.3, 0.4) is 0 Å². The molecule has 8 nitrogen and oxygen atoms in total. The zero-order chi connectivity index (χ0) is 23.1. The molecular weight excluding hydrogens is 436 g/mol. The summed E-state index contributed by atoms with van der Waals surface area (Å²) in [5.74, 6) is -3.41. The number of hydrogen-bond donors (Lipinski definition) is 2. The number of hydrogen-bond acceptors (Lipinski definition) is 5. The van der Waals surface area contributed by atoms with E-state index in [1.165, 1.54) is 16.8 Å². The largest absolute Gasteiger partial charge is 0.490 e. The highest BCUT2D eigenvalue weighted by Crippen LogP contribution is 2.31. The quantitative estimate of drug-likeness (QED) is 0.555. The van der Waals surface area contributed by atoms with Gasteiger partial charge in [-0.3, -0.25) is 9.20 Å². The number of imidazole rings is 1. The van der Waals surface area contributed by atoms with Gasteiger partial charge in [0.05, 0.1) is 17.5 Å². The molecule has 0 aliphatic carbocycles. The van der Waals surface area contributed by atoms with Gasteiger partial charge in [0.15, 0.2) is 17.2 Å². The molecule has 0 saturated carbocycles. The SMILES string of the molecule is Nc1nc(C(F)(F)F)cn2c(-c3ccc4c(c3)C=NC4=O)cnc12.O=C(O)C(F)(F)F. The Morgan fingerprint density at radius 1 is 1.13 bits per heavy atom. The van der Waals surface area contributed by atoms with E-state index in [9.17, 15) is 31.1 Å². The number of benzene rings is 1. The number of nitrogens with two attached hydrogens (primary N) is 1. The predicted octanol–water partition coefficient (Wildman–Crippen LogP) is 3.20. The fraction of sp³-hybridized carbons (Fsp3) is 0.118. The smallest absolute Gasteiger partial charge is 0.475 e. The monoisotopic (exact) mass is 445 g/mol. The van der Waals surface area contributed by atoms with Crippen LogP contribution in [0, 0.1) is 0 Å². The number of amides is 1. The van der Waals surface area contributed by atoms with E-state index in [1.54, 1.807) is 18.2 Å². The summed E-state index contributed by atoms with van der Waals surface area (Å²) in [6.45, 7) is 0. The number of aromatic nitrogens is 3. The zero-order valence-corrected chi connectivity index (χ0v) is 14.9. The second-order valence-corrected chi connectivity index (χ2v) is 6.01. The number of fused-ring (bicyclic) bond motifs is 2. The first kappa shape index (κ1) is 21.7. The summed E-state index contributed by atoms with van der Waals surface area (Å²) in [6.07, 6.45) is -6.04. The molecule has 3 N–H and O–H groups in total. The topological polar surface area (TPSA) is 123 Å². The highest BCUT2D eigenvalue weighted by molar-refractivity contribution is 6.13. The van der Waals surface area contributed by atoms with Gasteiger partial charge in [-0.1, -0.05) is 6.07 Å². The van der Waals surface area contributed by atoms with Crippen molar-refractivity contribution in [3.8, 4) is 11.3 Å². The van der Waals surface area contributed by atoms with E-state index in [1.807, 2.05) is 0 Å². The van der Waals surface area contributed by atoms with Crippen LogP contribution in [0.2, 0.25) is 0 Å². The minimum Gasteiger partial charge on any atom is -0.475 e. The number of alkyl halides is 6. The summed E-state index contributed by atoms with van der Waals surface area (Å²) in [6, 6.07) is 4.87. The molecule has 0 radical (unpaired) electrons. The lowest BCUT2D eigenvalue weighted by atomic mass is 10.0. The molecule has 2 aromatic heterocycles. The number of anilines is 1. The van der Waals surface area contributed by atoms with Crippen LogP contribution in [0.25, 0.3) is 16.9 Å². The average Bonchev–Trinajstić information content (AvgIpc) is 3.24. The molecule has 0 bridgehead atoms. The zero-order valence-electron chi connectivity index (χ0n) is 14.9. The molecule has 14 heteroatoms. The molecule has 0 fully saturated rings. The van der Waals surface area contributed by atoms with E-state index in [0.717, 1.165) is 6.20 Å². The molecule has 3 heterocycles. The Bertz CT molecular complexity index is 1230. The minimum atomic E-state index is -5.08. The van der Waals surface area contributed by atoms with Crippen molar-refractivity contribution in [2.24, 2.45) is 4.99 Å².